The van der Waals surface area contributed by atoms with Gasteiger partial charge in [-0.1, -0.05) is 6.07 Å². The molecule has 1 aromatic heterocycles. The summed E-state index contributed by atoms with van der Waals surface area (Å²) in [5.41, 5.74) is 1.12. The maximum Gasteiger partial charge on any atom is 0.191 e. The van der Waals surface area contributed by atoms with Crippen LogP contribution in [-0.2, 0) is 6.54 Å². The van der Waals surface area contributed by atoms with Gasteiger partial charge >= 0.3 is 0 Å². The number of thioether (sulfide) groups is 1. The van der Waals surface area contributed by atoms with Crippen LogP contribution >= 0.6 is 35.7 Å². The molecule has 132 valence electrons. The summed E-state index contributed by atoms with van der Waals surface area (Å²) in [6.45, 7) is 10.7. The second kappa shape index (κ2) is 13.7. The van der Waals surface area contributed by atoms with E-state index >= 15 is 0 Å². The van der Waals surface area contributed by atoms with Crippen LogP contribution in [0.3, 0.4) is 0 Å². The molecule has 0 aliphatic rings. The van der Waals surface area contributed by atoms with Gasteiger partial charge in [0.1, 0.15) is 5.82 Å². The molecule has 2 N–H and O–H groups in total. The number of halogens is 1. The molecule has 0 saturated heterocycles. The Balaban J connectivity index is 0.00000484. The van der Waals surface area contributed by atoms with E-state index < -0.39 is 0 Å². The zero-order chi connectivity index (χ0) is 16.2. The van der Waals surface area contributed by atoms with Crippen molar-refractivity contribution in [2.45, 2.75) is 27.3 Å². The highest BCUT2D eigenvalue weighted by atomic mass is 127. The highest BCUT2D eigenvalue weighted by molar-refractivity contribution is 14.0. The largest absolute Gasteiger partial charge is 0.357 e. The van der Waals surface area contributed by atoms with Crippen LogP contribution in [0.1, 0.15) is 26.3 Å². The molecule has 0 aliphatic heterocycles. The lowest BCUT2D eigenvalue weighted by atomic mass is 10.3. The van der Waals surface area contributed by atoms with E-state index in [1.54, 1.807) is 0 Å². The van der Waals surface area contributed by atoms with E-state index in [4.69, 9.17) is 0 Å². The number of aromatic nitrogens is 1. The van der Waals surface area contributed by atoms with Gasteiger partial charge in [-0.3, -0.25) is 0 Å². The van der Waals surface area contributed by atoms with E-state index in [1.807, 2.05) is 18.0 Å². The molecule has 0 aromatic carbocycles. The highest BCUT2D eigenvalue weighted by Gasteiger charge is 2.03. The summed E-state index contributed by atoms with van der Waals surface area (Å²) in [6.07, 6.45) is 4.03. The molecule has 0 unspecified atom stereocenters. The molecule has 1 rings (SSSR count). The van der Waals surface area contributed by atoms with Crippen molar-refractivity contribution in [3.05, 3.63) is 23.9 Å². The number of nitrogens with one attached hydrogen (secondary N) is 2. The van der Waals surface area contributed by atoms with Gasteiger partial charge in [0.05, 0.1) is 6.54 Å². The lowest BCUT2D eigenvalue weighted by Gasteiger charge is -2.19. The summed E-state index contributed by atoms with van der Waals surface area (Å²) in [7, 11) is 0. The average molecular weight is 451 g/mol. The Morgan fingerprint density at radius 1 is 1.22 bits per heavy atom. The zero-order valence-corrected chi connectivity index (χ0v) is 17.8. The molecule has 0 radical (unpaired) electrons. The van der Waals surface area contributed by atoms with Gasteiger partial charge in [0.25, 0.3) is 0 Å². The van der Waals surface area contributed by atoms with Gasteiger partial charge in [-0.2, -0.15) is 11.8 Å². The van der Waals surface area contributed by atoms with E-state index in [0.717, 1.165) is 49.3 Å². The Morgan fingerprint density at radius 2 is 1.96 bits per heavy atom. The Labute approximate surface area is 162 Å². The Hall–Kier alpha value is -0.700. The first-order valence-electron chi connectivity index (χ1n) is 7.96. The van der Waals surface area contributed by atoms with Crippen molar-refractivity contribution >= 4 is 47.5 Å². The van der Waals surface area contributed by atoms with Crippen LogP contribution in [0.5, 0.6) is 0 Å². The van der Waals surface area contributed by atoms with Crippen molar-refractivity contribution in [1.82, 2.24) is 15.6 Å². The molecular weight excluding hydrogens is 421 g/mol. The monoisotopic (exact) mass is 451 g/mol. The first-order chi connectivity index (χ1) is 10.7. The van der Waals surface area contributed by atoms with Crippen LogP contribution in [0.15, 0.2) is 23.3 Å². The summed E-state index contributed by atoms with van der Waals surface area (Å²) in [6, 6.07) is 4.18. The summed E-state index contributed by atoms with van der Waals surface area (Å²) >= 11 is 1.82. The molecule has 0 bridgehead atoms. The van der Waals surface area contributed by atoms with Crippen LogP contribution in [0, 0.1) is 0 Å². The highest BCUT2D eigenvalue weighted by Crippen LogP contribution is 2.11. The maximum absolute atomic E-state index is 4.60. The summed E-state index contributed by atoms with van der Waals surface area (Å²) < 4.78 is 0. The number of hydrogen-bond donors (Lipinski definition) is 2. The van der Waals surface area contributed by atoms with Gasteiger partial charge in [-0.15, -0.1) is 24.0 Å². The third-order valence-electron chi connectivity index (χ3n) is 3.26. The Bertz CT molecular complexity index is 435. The SMILES string of the molecule is CCNC(=NCc1ccc(N(CC)CC)nc1)NCCSC.I. The van der Waals surface area contributed by atoms with Crippen molar-refractivity contribution in [3.63, 3.8) is 0 Å². The normalized spacial score (nSPS) is 10.9. The van der Waals surface area contributed by atoms with Crippen LogP contribution in [0.2, 0.25) is 0 Å². The van der Waals surface area contributed by atoms with E-state index in [-0.39, 0.29) is 24.0 Å². The van der Waals surface area contributed by atoms with Crippen LogP contribution < -0.4 is 15.5 Å². The van der Waals surface area contributed by atoms with E-state index in [1.165, 1.54) is 0 Å². The zero-order valence-electron chi connectivity index (χ0n) is 14.6. The topological polar surface area (TPSA) is 52.6 Å². The maximum atomic E-state index is 4.60. The molecule has 0 amide bonds. The van der Waals surface area contributed by atoms with Crippen molar-refractivity contribution in [3.8, 4) is 0 Å². The molecule has 0 aliphatic carbocycles. The molecule has 23 heavy (non-hydrogen) atoms. The lowest BCUT2D eigenvalue weighted by Crippen LogP contribution is -2.38. The van der Waals surface area contributed by atoms with Gasteiger partial charge in [-0.05, 0) is 38.7 Å². The fourth-order valence-corrected chi connectivity index (χ4v) is 2.33. The standard InChI is InChI=1S/C16H29N5S.HI/c1-5-17-16(18-10-11-22-4)20-13-14-8-9-15(19-12-14)21(6-2)7-3;/h8-9,12H,5-7,10-11,13H2,1-4H3,(H2,17,18,20);1H. The number of guanidine groups is 1. The van der Waals surface area contributed by atoms with Gasteiger partial charge in [-0.25, -0.2) is 9.98 Å². The number of rotatable bonds is 9. The molecule has 7 heteroatoms. The van der Waals surface area contributed by atoms with Crippen LogP contribution in [0.25, 0.3) is 0 Å². The molecule has 0 spiro atoms. The van der Waals surface area contributed by atoms with Crippen LogP contribution in [-0.4, -0.2) is 49.1 Å². The third kappa shape index (κ3) is 8.64. The first-order valence-corrected chi connectivity index (χ1v) is 9.35. The number of anilines is 1. The minimum atomic E-state index is 0. The number of hydrogen-bond acceptors (Lipinski definition) is 4. The van der Waals surface area contributed by atoms with Gasteiger partial charge in [0, 0.05) is 38.1 Å². The average Bonchev–Trinajstić information content (AvgIpc) is 2.55. The predicted molar refractivity (Wildman–Crippen MR) is 114 cm³/mol. The van der Waals surface area contributed by atoms with E-state index in [2.05, 4.69) is 64.7 Å². The predicted octanol–water partition coefficient (Wildman–Crippen LogP) is 2.96. The molecule has 1 heterocycles. The first kappa shape index (κ1) is 22.3. The Kier molecular flexibility index (Phi) is 13.3. The molecule has 0 saturated carbocycles. The number of nitrogens with zero attached hydrogens (tertiary/aromatic N) is 3. The fourth-order valence-electron chi connectivity index (χ4n) is 2.03. The lowest BCUT2D eigenvalue weighted by molar-refractivity contribution is 0.835. The fraction of sp³-hybridized carbons (Fsp3) is 0.625. The van der Waals surface area contributed by atoms with Crippen molar-refractivity contribution in [2.24, 2.45) is 4.99 Å². The summed E-state index contributed by atoms with van der Waals surface area (Å²) in [4.78, 5) is 11.4. The van der Waals surface area contributed by atoms with Crippen molar-refractivity contribution in [1.29, 1.82) is 0 Å². The second-order valence-corrected chi connectivity index (χ2v) is 5.80. The van der Waals surface area contributed by atoms with Crippen molar-refractivity contribution in [2.75, 3.05) is 43.1 Å². The van der Waals surface area contributed by atoms with Gasteiger partial charge in [0.15, 0.2) is 5.96 Å². The summed E-state index contributed by atoms with van der Waals surface area (Å²) in [5, 5.41) is 6.59. The molecule has 0 fully saturated rings. The minimum Gasteiger partial charge on any atom is -0.357 e. The smallest absolute Gasteiger partial charge is 0.191 e. The third-order valence-corrected chi connectivity index (χ3v) is 3.87. The Morgan fingerprint density at radius 3 is 2.48 bits per heavy atom. The molecule has 0 atom stereocenters. The summed E-state index contributed by atoms with van der Waals surface area (Å²) in [5.74, 6) is 2.97. The number of pyridine rings is 1. The number of aliphatic imine (C=N–C) groups is 1. The minimum absolute atomic E-state index is 0. The molecule has 1 aromatic rings. The van der Waals surface area contributed by atoms with Crippen LogP contribution in [0.4, 0.5) is 5.82 Å². The molecule has 5 nitrogen and oxygen atoms in total. The van der Waals surface area contributed by atoms with E-state index in [9.17, 15) is 0 Å². The molecular formula is C16H30IN5S. The van der Waals surface area contributed by atoms with E-state index in [0.29, 0.717) is 6.54 Å². The van der Waals surface area contributed by atoms with Crippen molar-refractivity contribution < 1.29 is 0 Å². The quantitative estimate of drug-likeness (QED) is 0.262. The van der Waals surface area contributed by atoms with Gasteiger partial charge < -0.3 is 15.5 Å². The second-order valence-electron chi connectivity index (χ2n) is 4.81. The van der Waals surface area contributed by atoms with Gasteiger partial charge in [0.2, 0.25) is 0 Å².